The molecule has 27 heteroatoms. The predicted octanol–water partition coefficient (Wildman–Crippen LogP) is -19.8. The molecule has 0 aromatic heterocycles. The summed E-state index contributed by atoms with van der Waals surface area (Å²) in [5.74, 6) is -11.3. The van der Waals surface area contributed by atoms with Crippen LogP contribution in [0.4, 0.5) is 20.2 Å². The molecule has 4 aromatic rings. The van der Waals surface area contributed by atoms with Crippen molar-refractivity contribution in [1.82, 2.24) is 5.32 Å². The van der Waals surface area contributed by atoms with Gasteiger partial charge in [0.15, 0.2) is 5.82 Å². The largest absolute Gasteiger partial charge is 1.00 e. The monoisotopic (exact) mass is 1140 g/mol. The molecule has 0 fully saturated rings. The summed E-state index contributed by atoms with van der Waals surface area (Å²) in [5.41, 5.74) is -1.14. The van der Waals surface area contributed by atoms with Gasteiger partial charge >= 0.3 is 308 Å². The number of carbonyl (C=O) groups is 6. The van der Waals surface area contributed by atoms with Crippen molar-refractivity contribution in [1.29, 1.82) is 0 Å². The van der Waals surface area contributed by atoms with Crippen LogP contribution >= 0.6 is 0 Å². The summed E-state index contributed by atoms with van der Waals surface area (Å²) in [4.78, 5) is 85.9. The van der Waals surface area contributed by atoms with E-state index in [1.54, 1.807) is 13.0 Å². The number of hydrogen-bond acceptors (Lipinski definition) is 18. The fourth-order valence-corrected chi connectivity index (χ4v) is 6.88. The van der Waals surface area contributed by atoms with Crippen molar-refractivity contribution >= 4 is 58.1 Å². The van der Waals surface area contributed by atoms with E-state index in [1.165, 1.54) is 42.5 Å². The zero-order chi connectivity index (χ0) is 47.1. The van der Waals surface area contributed by atoms with Gasteiger partial charge in [0.05, 0.1) is 67.4 Å². The number of amides is 1. The first-order chi connectivity index (χ1) is 30.9. The number of aromatic carboxylic acids is 1. The number of carboxylic acids is 5. The van der Waals surface area contributed by atoms with Gasteiger partial charge in [-0.1, -0.05) is 23.6 Å². The van der Waals surface area contributed by atoms with Crippen LogP contribution in [0.2, 0.25) is 0 Å². The third-order valence-electron chi connectivity index (χ3n) is 9.59. The Labute approximate surface area is 664 Å². The van der Waals surface area contributed by atoms with E-state index in [9.17, 15) is 67.9 Å². The molecule has 4 aromatic carbocycles. The fourth-order valence-electron chi connectivity index (χ4n) is 6.88. The maximum atomic E-state index is 14.6. The summed E-state index contributed by atoms with van der Waals surface area (Å²) in [6.07, 6.45) is 0. The zero-order valence-corrected chi connectivity index (χ0v) is 58.9. The first kappa shape index (κ1) is 75.3. The summed E-state index contributed by atoms with van der Waals surface area (Å²) < 4.78 is 46.5. The molecule has 0 radical (unpaired) electrons. The Morgan fingerprint density at radius 3 is 1.72 bits per heavy atom. The van der Waals surface area contributed by atoms with Crippen molar-refractivity contribution in [2.24, 2.45) is 0 Å². The number of nitrogens with one attached hydrogen (secondary N) is 1. The Morgan fingerprint density at radius 1 is 0.667 bits per heavy atom. The Balaban J connectivity index is 0. The molecule has 0 spiro atoms. The van der Waals surface area contributed by atoms with Crippen LogP contribution in [0.25, 0.3) is 33.4 Å². The molecule has 1 aliphatic carbocycles. The van der Waals surface area contributed by atoms with E-state index in [0.29, 0.717) is 11.1 Å². The number of aryl methyl sites for hydroxylation is 1. The van der Waals surface area contributed by atoms with Crippen LogP contribution in [0.1, 0.15) is 31.8 Å². The maximum Gasteiger partial charge on any atom is 1.00 e. The van der Waals surface area contributed by atoms with E-state index in [-0.39, 0.29) is 395 Å². The molecule has 1 heterocycles. The molecule has 0 atom stereocenters. The molecule has 2 aliphatic rings. The Kier molecular flexibility index (Phi) is 37.4. The van der Waals surface area contributed by atoms with Gasteiger partial charge in [-0.05, 0) is 71.6 Å². The maximum absolute atomic E-state index is 14.6. The Hall–Kier alpha value is 1.23. The van der Waals surface area contributed by atoms with Crippen molar-refractivity contribution in [2.45, 2.75) is 13.5 Å². The summed E-state index contributed by atoms with van der Waals surface area (Å²) >= 11 is 0. The van der Waals surface area contributed by atoms with E-state index < -0.39 is 84.6 Å². The van der Waals surface area contributed by atoms with Crippen LogP contribution in [0, 0.1) is 24.6 Å². The number of anilines is 2. The van der Waals surface area contributed by atoms with Crippen molar-refractivity contribution < 1.29 is 391 Å². The molecule has 0 saturated carbocycles. The van der Waals surface area contributed by atoms with Gasteiger partial charge in [0.25, 0.3) is 5.91 Å². The van der Waals surface area contributed by atoms with Gasteiger partial charge in [0, 0.05) is 40.7 Å². The number of carbonyl (C=O) groups excluding carboxylic acids is 6. The van der Waals surface area contributed by atoms with E-state index in [1.807, 2.05) is 0 Å². The molecule has 0 bridgehead atoms. The number of halogens is 2. The average molecular weight is 1140 g/mol. The predicted molar refractivity (Wildman–Crippen MR) is 214 cm³/mol. The number of benzene rings is 5. The van der Waals surface area contributed by atoms with Crippen molar-refractivity contribution in [3.05, 3.63) is 129 Å². The number of nitrogens with zero attached hydrogens (tertiary/aromatic N) is 2. The zero-order valence-electron chi connectivity index (χ0n) is 40.2. The van der Waals surface area contributed by atoms with Gasteiger partial charge in [-0.2, -0.15) is 0 Å². The second-order valence-corrected chi connectivity index (χ2v) is 14.2. The third kappa shape index (κ3) is 21.0. The van der Waals surface area contributed by atoms with Crippen LogP contribution in [0.5, 0.6) is 11.5 Å². The average Bonchev–Trinajstić information content (AvgIpc) is 3.23. The Bertz CT molecular complexity index is 2900. The quantitative estimate of drug-likeness (QED) is 0.0321. The molecule has 344 valence electrons. The number of rotatable bonds is 20. The van der Waals surface area contributed by atoms with Gasteiger partial charge in [-0.25, -0.2) is 8.78 Å². The van der Waals surface area contributed by atoms with Gasteiger partial charge in [0.2, 0.25) is 5.43 Å². The van der Waals surface area contributed by atoms with Gasteiger partial charge in [-0.15, -0.1) is 18.2 Å². The van der Waals surface area contributed by atoms with Gasteiger partial charge < -0.3 is 84.0 Å². The van der Waals surface area contributed by atoms with Crippen LogP contribution in [-0.2, 0) is 25.7 Å². The number of aliphatic carboxylic acids is 4. The second-order valence-electron chi connectivity index (χ2n) is 14.2. The molecular formula is C45H32F2K6N3O16-. The van der Waals surface area contributed by atoms with Crippen LogP contribution < -0.4 is 364 Å². The molecule has 19 nitrogen and oxygen atoms in total. The molecule has 2 N–H and O–H groups in total. The summed E-state index contributed by atoms with van der Waals surface area (Å²) in [7, 11) is 0. The van der Waals surface area contributed by atoms with Crippen LogP contribution in [-0.4, -0.2) is 80.6 Å². The van der Waals surface area contributed by atoms with Crippen LogP contribution in [0.3, 0.4) is 0 Å². The van der Waals surface area contributed by atoms with Gasteiger partial charge in [0.1, 0.15) is 30.5 Å². The molecule has 0 unspecified atom stereocenters. The van der Waals surface area contributed by atoms with Crippen molar-refractivity contribution in [3.8, 4) is 33.9 Å². The number of fused-ring (bicyclic) bond motifs is 2. The first-order valence-corrected chi connectivity index (χ1v) is 19.1. The normalized spacial score (nSPS) is 9.88. The summed E-state index contributed by atoms with van der Waals surface area (Å²) in [6.45, 7) is -2.68. The minimum atomic E-state index is -1.77. The van der Waals surface area contributed by atoms with E-state index >= 15 is 0 Å². The third-order valence-corrected chi connectivity index (χ3v) is 9.59. The minimum absolute atomic E-state index is 0. The summed E-state index contributed by atoms with van der Waals surface area (Å²) in [6, 6.07) is 18.0. The Morgan fingerprint density at radius 2 is 1.19 bits per heavy atom. The van der Waals surface area contributed by atoms with Crippen LogP contribution in [0.15, 0.2) is 88.1 Å². The van der Waals surface area contributed by atoms with E-state index in [0.717, 1.165) is 40.1 Å². The van der Waals surface area contributed by atoms with Crippen molar-refractivity contribution in [2.75, 3.05) is 49.2 Å². The molecule has 1 aliphatic heterocycles. The summed E-state index contributed by atoms with van der Waals surface area (Å²) in [5, 5.41) is 61.1. The number of ether oxygens (including phenoxy) is 2. The molecule has 0 saturated heterocycles. The minimum Gasteiger partial charge on any atom is -0.870 e. The first-order valence-electron chi connectivity index (χ1n) is 19.1. The second kappa shape index (κ2) is 35.8. The SMILES string of the molecule is Cc1ccc(N(CC(=O)[O-])CC(=O)[O-])c(OCCOc2cc(CNC(=O)c3ccc(-c4c5cc(F)c(=O)cc-5oc5c[c-]c(F)cc45)c(C(=O)[O-])c3)ccc2N(CC(=O)[O-])CC(=O)[O-])c1.[K+].[K+].[K+].[K+].[K+].[K+].[OH-]. The molecular weight excluding hydrogens is 1110 g/mol. The standard InChI is InChI=1S/C45H36F2N3O15.6K.H2O/c1-23-2-7-32(49(19-39(52)53)20-40(54)55)37(12-23)63-10-11-64-38-13-24(3-8-33(38)50(21-41(56)57)22-42(58)59)18-48-44(60)25-4-6-27(28(14-25)45(61)62)43-29-15-26(46)5-9-35(29)65-36-17-34(51)31(47)16-30(36)43;;;;;;;/h2-4,6-9,12-17H,10-11,18-22H2,1H3,(H,48,60)(H,52,53)(H,54,55)(H,56,57)(H,58,59)(H,61,62);;;;;;;1H2/q-1;6*+1;/p-6. The number of carboxylic acid groups (broad SMARTS) is 5. The van der Waals surface area contributed by atoms with Crippen molar-refractivity contribution in [3.63, 3.8) is 0 Å². The molecule has 6 rings (SSSR count). The van der Waals surface area contributed by atoms with E-state index in [2.05, 4.69) is 11.4 Å². The molecule has 1 amide bonds. The number of hydrogen-bond donors (Lipinski definition) is 1. The van der Waals surface area contributed by atoms with Gasteiger partial charge in [-0.3, -0.25) is 9.59 Å². The smallest absolute Gasteiger partial charge is 0.870 e. The topological polar surface area (TPSA) is 315 Å². The fraction of sp³-hybridized carbons (Fsp3) is 0.178. The van der Waals surface area contributed by atoms with E-state index in [4.69, 9.17) is 13.9 Å². The molecule has 72 heavy (non-hydrogen) atoms.